The number of rotatable bonds is 5. The Morgan fingerprint density at radius 1 is 1.21 bits per heavy atom. The van der Waals surface area contributed by atoms with Gasteiger partial charge >= 0.3 is 0 Å². The lowest BCUT2D eigenvalue weighted by Crippen LogP contribution is -2.23. The van der Waals surface area contributed by atoms with Crippen LogP contribution < -0.4 is 15.1 Å². The average Bonchev–Trinajstić information content (AvgIpc) is 3.40. The molecule has 1 fully saturated rings. The second kappa shape index (κ2) is 8.28. The molecule has 0 saturated carbocycles. The van der Waals surface area contributed by atoms with Crippen molar-refractivity contribution in [1.29, 1.82) is 0 Å². The topological polar surface area (TPSA) is 79.8 Å². The molecule has 1 amide bonds. The molecule has 0 radical (unpaired) electrons. The largest absolute Gasteiger partial charge is 0.495 e. The predicted molar refractivity (Wildman–Crippen MR) is 116 cm³/mol. The molecule has 8 nitrogen and oxygen atoms in total. The van der Waals surface area contributed by atoms with Crippen LogP contribution in [0.15, 0.2) is 42.7 Å². The first-order valence-corrected chi connectivity index (χ1v) is 10.4. The zero-order valence-corrected chi connectivity index (χ0v) is 18.0. The van der Waals surface area contributed by atoms with Crippen molar-refractivity contribution in [2.45, 2.75) is 19.0 Å². The highest BCUT2D eigenvalue weighted by molar-refractivity contribution is 5.99. The number of benzene rings is 2. The summed E-state index contributed by atoms with van der Waals surface area (Å²) in [6, 6.07) is 8.75. The van der Waals surface area contributed by atoms with Gasteiger partial charge in [0.1, 0.15) is 17.9 Å². The molecule has 1 saturated heterocycles. The molecule has 2 aliphatic heterocycles. The van der Waals surface area contributed by atoms with Crippen LogP contribution >= 0.6 is 0 Å². The average molecular weight is 453 g/mol. The zero-order valence-electron chi connectivity index (χ0n) is 18.0. The summed E-state index contributed by atoms with van der Waals surface area (Å²) in [5.41, 5.74) is 2.25. The molecule has 1 unspecified atom stereocenters. The second-order valence-electron chi connectivity index (χ2n) is 7.86. The van der Waals surface area contributed by atoms with Crippen LogP contribution in [-0.4, -0.2) is 41.5 Å². The van der Waals surface area contributed by atoms with Gasteiger partial charge in [0, 0.05) is 37.2 Å². The van der Waals surface area contributed by atoms with Gasteiger partial charge in [0.15, 0.2) is 17.5 Å². The quantitative estimate of drug-likeness (QED) is 0.626. The summed E-state index contributed by atoms with van der Waals surface area (Å²) in [6.07, 6.45) is 1.82. The molecule has 2 aromatic carbocycles. The van der Waals surface area contributed by atoms with Crippen LogP contribution in [0, 0.1) is 11.6 Å². The lowest BCUT2D eigenvalue weighted by atomic mass is 10.0. The fraction of sp³-hybridized carbons (Fsp3) is 0.261. The van der Waals surface area contributed by atoms with Gasteiger partial charge in [-0.15, -0.1) is 0 Å². The number of amides is 1. The van der Waals surface area contributed by atoms with Crippen LogP contribution in [0.2, 0.25) is 0 Å². The van der Waals surface area contributed by atoms with Crippen molar-refractivity contribution in [3.8, 4) is 5.75 Å². The van der Waals surface area contributed by atoms with E-state index in [4.69, 9.17) is 9.57 Å². The highest BCUT2D eigenvalue weighted by Gasteiger charge is 2.32. The van der Waals surface area contributed by atoms with E-state index in [-0.39, 0.29) is 11.5 Å². The minimum Gasteiger partial charge on any atom is -0.495 e. The highest BCUT2D eigenvalue weighted by atomic mass is 19.2. The molecule has 0 spiro atoms. The number of hydroxylamine groups is 1. The molecular weight excluding hydrogens is 432 g/mol. The summed E-state index contributed by atoms with van der Waals surface area (Å²) in [6.45, 7) is 0.856. The van der Waals surface area contributed by atoms with Gasteiger partial charge in [0.25, 0.3) is 5.91 Å². The van der Waals surface area contributed by atoms with E-state index < -0.39 is 17.7 Å². The van der Waals surface area contributed by atoms with E-state index in [1.54, 1.807) is 31.2 Å². The number of anilines is 3. The minimum atomic E-state index is -0.909. The van der Waals surface area contributed by atoms with Gasteiger partial charge in [-0.25, -0.2) is 23.8 Å². The molecular formula is C23H21F2N5O3. The summed E-state index contributed by atoms with van der Waals surface area (Å²) >= 11 is 0. The number of halogens is 2. The van der Waals surface area contributed by atoms with E-state index in [0.717, 1.165) is 11.6 Å². The van der Waals surface area contributed by atoms with Crippen LogP contribution in [0.3, 0.4) is 0 Å². The summed E-state index contributed by atoms with van der Waals surface area (Å²) in [4.78, 5) is 28.2. The van der Waals surface area contributed by atoms with E-state index >= 15 is 0 Å². The Balaban J connectivity index is 1.45. The number of aromatic nitrogens is 2. The molecule has 0 aliphatic carbocycles. The molecule has 2 aliphatic rings. The third kappa shape index (κ3) is 3.72. The Morgan fingerprint density at radius 2 is 2.06 bits per heavy atom. The number of fused-ring (bicyclic) bond motifs is 1. The summed E-state index contributed by atoms with van der Waals surface area (Å²) in [5, 5.41) is 4.63. The van der Waals surface area contributed by atoms with Crippen molar-refractivity contribution < 1.29 is 23.1 Å². The van der Waals surface area contributed by atoms with E-state index in [2.05, 4.69) is 15.3 Å². The number of ether oxygens (including phenoxy) is 1. The van der Waals surface area contributed by atoms with E-state index in [1.165, 1.54) is 23.5 Å². The molecule has 1 N–H and O–H groups in total. The van der Waals surface area contributed by atoms with Crippen molar-refractivity contribution >= 4 is 23.2 Å². The van der Waals surface area contributed by atoms with Crippen molar-refractivity contribution in [2.24, 2.45) is 0 Å². The molecule has 10 heteroatoms. The molecule has 1 aromatic heterocycles. The maximum atomic E-state index is 14.4. The normalized spacial score (nSPS) is 17.5. The maximum Gasteiger partial charge on any atom is 0.254 e. The second-order valence-corrected chi connectivity index (χ2v) is 7.86. The van der Waals surface area contributed by atoms with Gasteiger partial charge < -0.3 is 15.0 Å². The third-order valence-electron chi connectivity index (χ3n) is 5.80. The summed E-state index contributed by atoms with van der Waals surface area (Å²) in [5.74, 6) is -0.504. The number of carbonyl (C=O) groups excluding carboxylic acids is 1. The Hall–Kier alpha value is -3.79. The van der Waals surface area contributed by atoms with E-state index in [1.807, 2.05) is 6.07 Å². The number of carbonyl (C=O) groups is 1. The molecule has 170 valence electrons. The Kier molecular flexibility index (Phi) is 5.29. The number of hydrogen-bond acceptors (Lipinski definition) is 7. The SMILES string of the molecule is COc1cc2c(cc1Nc1cc(N3OCCC3c3cccc(F)c3F)ncn1)C(=O)N(C)C2. The van der Waals surface area contributed by atoms with Crippen LogP contribution in [0.5, 0.6) is 5.75 Å². The molecule has 3 heterocycles. The van der Waals surface area contributed by atoms with Crippen LogP contribution in [-0.2, 0) is 11.4 Å². The smallest absolute Gasteiger partial charge is 0.254 e. The Labute approximate surface area is 188 Å². The number of methoxy groups -OCH3 is 1. The summed E-state index contributed by atoms with van der Waals surface area (Å²) in [7, 11) is 3.29. The van der Waals surface area contributed by atoms with Crippen LogP contribution in [0.25, 0.3) is 0 Å². The fourth-order valence-electron chi connectivity index (χ4n) is 4.18. The van der Waals surface area contributed by atoms with Crippen molar-refractivity contribution in [1.82, 2.24) is 14.9 Å². The lowest BCUT2D eigenvalue weighted by Gasteiger charge is -2.24. The van der Waals surface area contributed by atoms with Crippen molar-refractivity contribution in [3.63, 3.8) is 0 Å². The standard InChI is InChI=1S/C23H21F2N5O3/c1-29-11-13-8-19(32-2)17(9-15(13)23(29)31)28-20-10-21(27-12-26-20)30-18(6-7-33-30)14-4-3-5-16(24)22(14)25/h3-5,8-10,12,18H,6-7,11H2,1-2H3,(H,26,27,28). The summed E-state index contributed by atoms with van der Waals surface area (Å²) < 4.78 is 33.7. The van der Waals surface area contributed by atoms with Crippen molar-refractivity contribution in [3.05, 3.63) is 71.1 Å². The first-order valence-electron chi connectivity index (χ1n) is 10.4. The predicted octanol–water partition coefficient (Wildman–Crippen LogP) is 3.98. The zero-order chi connectivity index (χ0) is 23.1. The molecule has 5 rings (SSSR count). The Morgan fingerprint density at radius 3 is 2.88 bits per heavy atom. The first-order chi connectivity index (χ1) is 16.0. The van der Waals surface area contributed by atoms with Gasteiger partial charge in [0.2, 0.25) is 0 Å². The Bertz CT molecular complexity index is 1240. The molecule has 33 heavy (non-hydrogen) atoms. The van der Waals surface area contributed by atoms with E-state index in [0.29, 0.717) is 48.2 Å². The molecule has 0 bridgehead atoms. The van der Waals surface area contributed by atoms with Crippen LogP contribution in [0.1, 0.15) is 33.9 Å². The number of nitrogens with one attached hydrogen (secondary N) is 1. The highest BCUT2D eigenvalue weighted by Crippen LogP contribution is 2.38. The lowest BCUT2D eigenvalue weighted by molar-refractivity contribution is 0.0816. The molecule has 3 aromatic rings. The van der Waals surface area contributed by atoms with Gasteiger partial charge in [0.05, 0.1) is 25.4 Å². The van der Waals surface area contributed by atoms with Gasteiger partial charge in [-0.05, 0) is 23.8 Å². The van der Waals surface area contributed by atoms with Crippen LogP contribution in [0.4, 0.5) is 26.1 Å². The van der Waals surface area contributed by atoms with Gasteiger partial charge in [-0.3, -0.25) is 9.63 Å². The number of nitrogens with zero attached hydrogens (tertiary/aromatic N) is 4. The monoisotopic (exact) mass is 453 g/mol. The number of hydrogen-bond donors (Lipinski definition) is 1. The van der Waals surface area contributed by atoms with Gasteiger partial charge in [-0.1, -0.05) is 12.1 Å². The maximum absolute atomic E-state index is 14.4. The van der Waals surface area contributed by atoms with Crippen molar-refractivity contribution in [2.75, 3.05) is 31.1 Å². The third-order valence-corrected chi connectivity index (χ3v) is 5.80. The first kappa shape index (κ1) is 21.1. The minimum absolute atomic E-state index is 0.0653. The molecule has 1 atom stereocenters. The fourth-order valence-corrected chi connectivity index (χ4v) is 4.18. The van der Waals surface area contributed by atoms with E-state index in [9.17, 15) is 13.6 Å². The van der Waals surface area contributed by atoms with Gasteiger partial charge in [-0.2, -0.15) is 0 Å².